The van der Waals surface area contributed by atoms with Gasteiger partial charge >= 0.3 is 12.0 Å². The summed E-state index contributed by atoms with van der Waals surface area (Å²) in [5.41, 5.74) is 5.35. The number of hydrogen-bond acceptors (Lipinski definition) is 4. The Morgan fingerprint density at radius 2 is 1.90 bits per heavy atom. The van der Waals surface area contributed by atoms with Crippen LogP contribution in [0.15, 0.2) is 24.3 Å². The van der Waals surface area contributed by atoms with E-state index in [1.165, 1.54) is 7.11 Å². The number of methoxy groups -OCH3 is 1. The number of carboxylic acid groups (broad SMARTS) is 1. The number of nitrogens with one attached hydrogen (secondary N) is 2. The molecule has 0 saturated heterocycles. The molecule has 0 aliphatic heterocycles. The van der Waals surface area contributed by atoms with E-state index < -0.39 is 30.4 Å². The lowest BCUT2D eigenvalue weighted by Gasteiger charge is -2.13. The van der Waals surface area contributed by atoms with Crippen LogP contribution in [0.1, 0.15) is 6.42 Å². The fourth-order valence-electron chi connectivity index (χ4n) is 1.40. The van der Waals surface area contributed by atoms with Gasteiger partial charge in [0, 0.05) is 5.69 Å². The molecule has 1 aromatic rings. The van der Waals surface area contributed by atoms with Gasteiger partial charge in [-0.1, -0.05) is 0 Å². The summed E-state index contributed by atoms with van der Waals surface area (Å²) in [5, 5.41) is 13.4. The molecule has 0 fully saturated rings. The summed E-state index contributed by atoms with van der Waals surface area (Å²) in [6.07, 6.45) is -0.481. The van der Waals surface area contributed by atoms with E-state index in [1.54, 1.807) is 24.3 Å². The second kappa shape index (κ2) is 6.98. The third kappa shape index (κ3) is 4.84. The highest BCUT2D eigenvalue weighted by molar-refractivity contribution is 5.93. The minimum atomic E-state index is -1.37. The van der Waals surface area contributed by atoms with Gasteiger partial charge in [-0.15, -0.1) is 0 Å². The van der Waals surface area contributed by atoms with E-state index in [4.69, 9.17) is 15.6 Å². The predicted octanol–water partition coefficient (Wildman–Crippen LogP) is 0.145. The Morgan fingerprint density at radius 1 is 1.30 bits per heavy atom. The molecule has 8 heteroatoms. The number of primary amides is 1. The number of nitrogens with two attached hydrogens (primary N) is 1. The number of carbonyl (C=O) groups excluding carboxylic acids is 2. The van der Waals surface area contributed by atoms with Crippen LogP contribution in [0.5, 0.6) is 5.75 Å². The molecule has 108 valence electrons. The number of carboxylic acids is 1. The van der Waals surface area contributed by atoms with E-state index in [2.05, 4.69) is 10.6 Å². The van der Waals surface area contributed by atoms with Gasteiger partial charge in [0.05, 0.1) is 13.5 Å². The molecule has 0 aliphatic rings. The van der Waals surface area contributed by atoms with Gasteiger partial charge in [0.2, 0.25) is 5.91 Å². The first-order chi connectivity index (χ1) is 9.42. The van der Waals surface area contributed by atoms with Gasteiger partial charge in [-0.3, -0.25) is 4.79 Å². The van der Waals surface area contributed by atoms with Crippen molar-refractivity contribution in [1.82, 2.24) is 5.32 Å². The van der Waals surface area contributed by atoms with E-state index in [1.807, 2.05) is 0 Å². The molecule has 0 bridgehead atoms. The van der Waals surface area contributed by atoms with Crippen molar-refractivity contribution in [2.45, 2.75) is 12.5 Å². The highest BCUT2D eigenvalue weighted by Crippen LogP contribution is 2.14. The molecule has 1 aromatic carbocycles. The monoisotopic (exact) mass is 281 g/mol. The van der Waals surface area contributed by atoms with Gasteiger partial charge in [-0.05, 0) is 24.3 Å². The Hall–Kier alpha value is -2.77. The zero-order valence-corrected chi connectivity index (χ0v) is 10.8. The van der Waals surface area contributed by atoms with Crippen molar-refractivity contribution < 1.29 is 24.2 Å². The third-order valence-corrected chi connectivity index (χ3v) is 2.36. The van der Waals surface area contributed by atoms with Gasteiger partial charge in [0.25, 0.3) is 0 Å². The van der Waals surface area contributed by atoms with Gasteiger partial charge in [0.1, 0.15) is 11.8 Å². The Morgan fingerprint density at radius 3 is 2.35 bits per heavy atom. The number of ether oxygens (including phenoxy) is 1. The highest BCUT2D eigenvalue weighted by Gasteiger charge is 2.22. The van der Waals surface area contributed by atoms with Crippen LogP contribution in [0.3, 0.4) is 0 Å². The van der Waals surface area contributed by atoms with Gasteiger partial charge < -0.3 is 26.2 Å². The third-order valence-electron chi connectivity index (χ3n) is 2.36. The second-order valence-corrected chi connectivity index (χ2v) is 3.89. The molecule has 1 atom stereocenters. The lowest BCUT2D eigenvalue weighted by Crippen LogP contribution is -2.45. The highest BCUT2D eigenvalue weighted by atomic mass is 16.5. The molecule has 0 radical (unpaired) electrons. The normalized spacial score (nSPS) is 11.2. The molecule has 3 amide bonds. The largest absolute Gasteiger partial charge is 0.497 e. The molecule has 0 aromatic heterocycles. The fraction of sp³-hybridized carbons (Fsp3) is 0.250. The van der Waals surface area contributed by atoms with Crippen molar-refractivity contribution in [3.05, 3.63) is 24.3 Å². The molecule has 1 rings (SSSR count). The zero-order valence-electron chi connectivity index (χ0n) is 10.8. The molecule has 0 unspecified atom stereocenters. The first-order valence-corrected chi connectivity index (χ1v) is 5.65. The smallest absolute Gasteiger partial charge is 0.326 e. The lowest BCUT2D eigenvalue weighted by molar-refractivity contribution is -0.140. The quantitative estimate of drug-likeness (QED) is 0.589. The van der Waals surface area contributed by atoms with Crippen LogP contribution in [0.2, 0.25) is 0 Å². The minimum absolute atomic E-state index is 0.450. The van der Waals surface area contributed by atoms with Crippen LogP contribution >= 0.6 is 0 Å². The number of rotatable bonds is 6. The van der Waals surface area contributed by atoms with E-state index in [0.29, 0.717) is 11.4 Å². The predicted molar refractivity (Wildman–Crippen MR) is 70.4 cm³/mol. The number of urea groups is 1. The van der Waals surface area contributed by atoms with Crippen LogP contribution < -0.4 is 21.1 Å². The molecule has 20 heavy (non-hydrogen) atoms. The molecular weight excluding hydrogens is 266 g/mol. The zero-order chi connectivity index (χ0) is 15.1. The van der Waals surface area contributed by atoms with E-state index in [9.17, 15) is 14.4 Å². The Kier molecular flexibility index (Phi) is 5.33. The molecule has 0 heterocycles. The topological polar surface area (TPSA) is 131 Å². The maximum absolute atomic E-state index is 11.6. The summed E-state index contributed by atoms with van der Waals surface area (Å²) in [4.78, 5) is 33.1. The Bertz CT molecular complexity index is 500. The minimum Gasteiger partial charge on any atom is -0.497 e. The first kappa shape index (κ1) is 15.3. The standard InChI is InChI=1S/C12H15N3O5/c1-20-8-4-2-7(3-5-8)14-12(19)15-9(11(17)18)6-10(13)16/h2-5,9H,6H2,1H3,(H2,13,16)(H,17,18)(H2,14,15,19)/t9-/m0/s1. The molecule has 0 saturated carbocycles. The summed E-state index contributed by atoms with van der Waals surface area (Å²) in [7, 11) is 1.51. The van der Waals surface area contributed by atoms with Crippen molar-refractivity contribution in [2.75, 3.05) is 12.4 Å². The van der Waals surface area contributed by atoms with Crippen molar-refractivity contribution in [1.29, 1.82) is 0 Å². The fourth-order valence-corrected chi connectivity index (χ4v) is 1.40. The summed E-state index contributed by atoms with van der Waals surface area (Å²) >= 11 is 0. The summed E-state index contributed by atoms with van der Waals surface area (Å²) in [6.45, 7) is 0. The molecule has 5 N–H and O–H groups in total. The first-order valence-electron chi connectivity index (χ1n) is 5.65. The van der Waals surface area contributed by atoms with Crippen LogP contribution in [-0.4, -0.2) is 36.2 Å². The number of hydrogen-bond donors (Lipinski definition) is 4. The van der Waals surface area contributed by atoms with Gasteiger partial charge in [-0.2, -0.15) is 0 Å². The van der Waals surface area contributed by atoms with E-state index in [0.717, 1.165) is 0 Å². The van der Waals surface area contributed by atoms with Crippen molar-refractivity contribution in [2.24, 2.45) is 5.73 Å². The number of carbonyl (C=O) groups is 3. The number of amides is 3. The molecular formula is C12H15N3O5. The van der Waals surface area contributed by atoms with E-state index >= 15 is 0 Å². The van der Waals surface area contributed by atoms with Crippen LogP contribution in [0.4, 0.5) is 10.5 Å². The molecule has 8 nitrogen and oxygen atoms in total. The van der Waals surface area contributed by atoms with Crippen LogP contribution in [0.25, 0.3) is 0 Å². The second-order valence-electron chi connectivity index (χ2n) is 3.89. The lowest BCUT2D eigenvalue weighted by atomic mass is 10.2. The number of benzene rings is 1. The van der Waals surface area contributed by atoms with Crippen molar-refractivity contribution in [3.63, 3.8) is 0 Å². The van der Waals surface area contributed by atoms with Crippen LogP contribution in [-0.2, 0) is 9.59 Å². The maximum Gasteiger partial charge on any atom is 0.326 e. The Labute approximate surface area is 114 Å². The average Bonchev–Trinajstić information content (AvgIpc) is 2.38. The van der Waals surface area contributed by atoms with E-state index in [-0.39, 0.29) is 0 Å². The Balaban J connectivity index is 2.60. The van der Waals surface area contributed by atoms with Gasteiger partial charge in [-0.25, -0.2) is 9.59 Å². The van der Waals surface area contributed by atoms with Crippen molar-refractivity contribution >= 4 is 23.6 Å². The molecule has 0 aliphatic carbocycles. The SMILES string of the molecule is COc1ccc(NC(=O)N[C@@H](CC(N)=O)C(=O)O)cc1. The van der Waals surface area contributed by atoms with Crippen LogP contribution in [0, 0.1) is 0 Å². The summed E-state index contributed by atoms with van der Waals surface area (Å²) < 4.78 is 4.96. The maximum atomic E-state index is 11.6. The summed E-state index contributed by atoms with van der Waals surface area (Å²) in [5.74, 6) is -1.54. The van der Waals surface area contributed by atoms with Crippen molar-refractivity contribution in [3.8, 4) is 5.75 Å². The van der Waals surface area contributed by atoms with Gasteiger partial charge in [0.15, 0.2) is 0 Å². The summed E-state index contributed by atoms with van der Waals surface area (Å²) in [6, 6.07) is 4.32. The molecule has 0 spiro atoms. The number of aliphatic carboxylic acids is 1. The average molecular weight is 281 g/mol. The number of anilines is 1.